The molecule has 0 saturated carbocycles. The molecule has 0 N–H and O–H groups in total. The van der Waals surface area contributed by atoms with Crippen molar-refractivity contribution in [1.82, 2.24) is 4.98 Å². The van der Waals surface area contributed by atoms with Gasteiger partial charge in [0, 0.05) is 12.1 Å². The smallest absolute Gasteiger partial charge is 0.337 e. The van der Waals surface area contributed by atoms with Gasteiger partial charge in [-0.05, 0) is 47.5 Å². The summed E-state index contributed by atoms with van der Waals surface area (Å²) in [5.41, 5.74) is 3.07. The van der Waals surface area contributed by atoms with E-state index in [2.05, 4.69) is 9.72 Å². The highest BCUT2D eigenvalue weighted by Crippen LogP contribution is 2.27. The number of hydrogen-bond donors (Lipinski definition) is 0. The first-order valence-corrected chi connectivity index (χ1v) is 10.5. The van der Waals surface area contributed by atoms with E-state index in [9.17, 15) is 14.9 Å². The Balaban J connectivity index is 1.37. The normalized spacial score (nSPS) is 11.0. The highest BCUT2D eigenvalue weighted by Gasteiger charge is 2.09. The fourth-order valence-electron chi connectivity index (χ4n) is 2.98. The molecule has 0 aliphatic rings. The molecule has 1 aromatic heterocycles. The first-order valence-electron chi connectivity index (χ1n) is 9.65. The minimum Gasteiger partial charge on any atom is -0.489 e. The van der Waals surface area contributed by atoms with Crippen molar-refractivity contribution in [2.75, 3.05) is 7.11 Å². The Morgan fingerprint density at radius 2 is 1.81 bits per heavy atom. The second-order valence-electron chi connectivity index (χ2n) is 6.84. The molecule has 0 bridgehead atoms. The summed E-state index contributed by atoms with van der Waals surface area (Å²) in [6.07, 6.45) is 3.82. The van der Waals surface area contributed by atoms with Crippen molar-refractivity contribution >= 4 is 45.4 Å². The topological polar surface area (TPSA) is 91.6 Å². The number of benzene rings is 3. The summed E-state index contributed by atoms with van der Waals surface area (Å²) >= 11 is 1.48. The average Bonchev–Trinajstić information content (AvgIpc) is 3.24. The van der Waals surface area contributed by atoms with Crippen LogP contribution < -0.4 is 4.74 Å². The van der Waals surface area contributed by atoms with Crippen LogP contribution >= 0.6 is 11.3 Å². The number of thiazole rings is 1. The molecule has 0 amide bonds. The van der Waals surface area contributed by atoms with Gasteiger partial charge in [0.25, 0.3) is 5.69 Å². The molecule has 0 unspecified atom stereocenters. The van der Waals surface area contributed by atoms with Crippen molar-refractivity contribution in [3.63, 3.8) is 0 Å². The lowest BCUT2D eigenvalue weighted by Gasteiger charge is -2.07. The fraction of sp³-hybridized carbons (Fsp3) is 0.0833. The number of nitrogens with zero attached hydrogens (tertiary/aromatic N) is 2. The molecule has 0 aliphatic heterocycles. The molecule has 160 valence electrons. The van der Waals surface area contributed by atoms with Gasteiger partial charge in [-0.1, -0.05) is 30.3 Å². The lowest BCUT2D eigenvalue weighted by atomic mass is 10.1. The summed E-state index contributed by atoms with van der Waals surface area (Å²) in [7, 11) is 1.35. The Morgan fingerprint density at radius 3 is 2.50 bits per heavy atom. The number of esters is 1. The number of fused-ring (bicyclic) bond motifs is 1. The summed E-state index contributed by atoms with van der Waals surface area (Å²) in [5.74, 6) is 0.361. The molecule has 0 spiro atoms. The van der Waals surface area contributed by atoms with Crippen LogP contribution in [0.15, 0.2) is 66.7 Å². The maximum atomic E-state index is 11.5. The summed E-state index contributed by atoms with van der Waals surface area (Å²) in [6.45, 7) is 0.383. The molecule has 32 heavy (non-hydrogen) atoms. The number of carbonyl (C=O) groups is 1. The van der Waals surface area contributed by atoms with Gasteiger partial charge < -0.3 is 9.47 Å². The van der Waals surface area contributed by atoms with Gasteiger partial charge >= 0.3 is 5.97 Å². The predicted octanol–water partition coefficient (Wildman–Crippen LogP) is 5.74. The molecular formula is C24H18N2O5S. The zero-order valence-electron chi connectivity index (χ0n) is 17.1. The third-order valence-electron chi connectivity index (χ3n) is 4.68. The van der Waals surface area contributed by atoms with Crippen molar-refractivity contribution in [1.29, 1.82) is 0 Å². The second-order valence-corrected chi connectivity index (χ2v) is 7.90. The van der Waals surface area contributed by atoms with Crippen molar-refractivity contribution < 1.29 is 19.2 Å². The summed E-state index contributed by atoms with van der Waals surface area (Å²) in [6, 6.07) is 19.4. The monoisotopic (exact) mass is 446 g/mol. The van der Waals surface area contributed by atoms with Crippen LogP contribution in [0.3, 0.4) is 0 Å². The van der Waals surface area contributed by atoms with Gasteiger partial charge in [-0.15, -0.1) is 11.3 Å². The van der Waals surface area contributed by atoms with Crippen LogP contribution in [0.2, 0.25) is 0 Å². The molecular weight excluding hydrogens is 428 g/mol. The van der Waals surface area contributed by atoms with Crippen LogP contribution in [0, 0.1) is 10.1 Å². The summed E-state index contributed by atoms with van der Waals surface area (Å²) < 4.78 is 11.4. The quantitative estimate of drug-likeness (QED) is 0.204. The molecule has 4 aromatic rings. The molecule has 8 heteroatoms. The standard InChI is InChI=1S/C24H18N2O5S/c1-30-24(27)18-7-2-17(3-8-18)15-31-20-10-4-16(5-11-20)6-13-23-25-21-14-19(26(28)29)9-12-22(21)32-23/h2-14H,15H2,1H3. The van der Waals surface area contributed by atoms with E-state index in [1.165, 1.54) is 30.6 Å². The first-order chi connectivity index (χ1) is 15.5. The zero-order valence-corrected chi connectivity index (χ0v) is 17.9. The first kappa shape index (κ1) is 21.2. The van der Waals surface area contributed by atoms with Gasteiger partial charge in [0.05, 0.1) is 27.8 Å². The maximum Gasteiger partial charge on any atom is 0.337 e. The van der Waals surface area contributed by atoms with Gasteiger partial charge in [0.15, 0.2) is 0 Å². The van der Waals surface area contributed by atoms with Gasteiger partial charge in [0.2, 0.25) is 0 Å². The Hall–Kier alpha value is -4.04. The van der Waals surface area contributed by atoms with Crippen LogP contribution in [0.4, 0.5) is 5.69 Å². The van der Waals surface area contributed by atoms with Gasteiger partial charge in [-0.3, -0.25) is 10.1 Å². The van der Waals surface area contributed by atoms with E-state index >= 15 is 0 Å². The second kappa shape index (κ2) is 9.40. The predicted molar refractivity (Wildman–Crippen MR) is 124 cm³/mol. The highest BCUT2D eigenvalue weighted by molar-refractivity contribution is 7.19. The molecule has 0 radical (unpaired) electrons. The van der Waals surface area contributed by atoms with Crippen LogP contribution in [0.25, 0.3) is 22.4 Å². The molecule has 0 atom stereocenters. The van der Waals surface area contributed by atoms with E-state index < -0.39 is 4.92 Å². The highest BCUT2D eigenvalue weighted by atomic mass is 32.1. The minimum absolute atomic E-state index is 0.0355. The van der Waals surface area contributed by atoms with Crippen LogP contribution in [-0.2, 0) is 11.3 Å². The van der Waals surface area contributed by atoms with E-state index in [0.29, 0.717) is 17.7 Å². The number of rotatable bonds is 7. The Bertz CT molecular complexity index is 1290. The molecule has 1 heterocycles. The number of aromatic nitrogens is 1. The number of carbonyl (C=O) groups excluding carboxylic acids is 1. The Kier molecular flexibility index (Phi) is 6.23. The average molecular weight is 446 g/mol. The summed E-state index contributed by atoms with van der Waals surface area (Å²) in [5, 5.41) is 11.7. The fourth-order valence-corrected chi connectivity index (χ4v) is 3.83. The van der Waals surface area contributed by atoms with Crippen LogP contribution in [0.1, 0.15) is 26.5 Å². The van der Waals surface area contributed by atoms with E-state index in [0.717, 1.165) is 26.6 Å². The van der Waals surface area contributed by atoms with Crippen LogP contribution in [0.5, 0.6) is 5.75 Å². The van der Waals surface area contributed by atoms with E-state index in [1.807, 2.05) is 48.6 Å². The number of hydrogen-bond acceptors (Lipinski definition) is 7. The third kappa shape index (κ3) is 4.98. The molecule has 0 aliphatic carbocycles. The van der Waals surface area contributed by atoms with Crippen LogP contribution in [-0.4, -0.2) is 23.0 Å². The van der Waals surface area contributed by atoms with Gasteiger partial charge in [0.1, 0.15) is 17.4 Å². The SMILES string of the molecule is COC(=O)c1ccc(COc2ccc(C=Cc3nc4cc([N+](=O)[O-])ccc4s3)cc2)cc1. The molecule has 3 aromatic carbocycles. The van der Waals surface area contributed by atoms with E-state index in [-0.39, 0.29) is 11.7 Å². The minimum atomic E-state index is -0.421. The number of non-ortho nitro benzene ring substituents is 1. The largest absolute Gasteiger partial charge is 0.489 e. The third-order valence-corrected chi connectivity index (χ3v) is 5.68. The van der Waals surface area contributed by atoms with Crippen molar-refractivity contribution in [3.8, 4) is 5.75 Å². The summed E-state index contributed by atoms with van der Waals surface area (Å²) in [4.78, 5) is 26.4. The lowest BCUT2D eigenvalue weighted by molar-refractivity contribution is -0.384. The Morgan fingerprint density at radius 1 is 1.06 bits per heavy atom. The molecule has 4 rings (SSSR count). The Labute approximate surface area is 187 Å². The van der Waals surface area contributed by atoms with Crippen molar-refractivity contribution in [2.45, 2.75) is 6.61 Å². The number of nitro groups is 1. The van der Waals surface area contributed by atoms with Crippen molar-refractivity contribution in [3.05, 3.63) is 98.5 Å². The molecule has 0 fully saturated rings. The van der Waals surface area contributed by atoms with E-state index in [4.69, 9.17) is 4.74 Å². The molecule has 7 nitrogen and oxygen atoms in total. The number of nitro benzene ring substituents is 1. The van der Waals surface area contributed by atoms with E-state index in [1.54, 1.807) is 18.2 Å². The maximum absolute atomic E-state index is 11.5. The number of ether oxygens (including phenoxy) is 2. The lowest BCUT2D eigenvalue weighted by Crippen LogP contribution is -2.01. The van der Waals surface area contributed by atoms with Crippen molar-refractivity contribution in [2.24, 2.45) is 0 Å². The zero-order chi connectivity index (χ0) is 22.5. The van der Waals surface area contributed by atoms with Gasteiger partial charge in [-0.25, -0.2) is 9.78 Å². The van der Waals surface area contributed by atoms with Gasteiger partial charge in [-0.2, -0.15) is 0 Å². The molecule has 0 saturated heterocycles. The number of methoxy groups -OCH3 is 1.